The van der Waals surface area contributed by atoms with E-state index in [2.05, 4.69) is 14.3 Å². The Kier molecular flexibility index (Phi) is 3.81. The van der Waals surface area contributed by atoms with Gasteiger partial charge in [0.25, 0.3) is 0 Å². The summed E-state index contributed by atoms with van der Waals surface area (Å²) in [6.07, 6.45) is 2.83. The molecule has 6 heteroatoms. The van der Waals surface area contributed by atoms with Crippen LogP contribution < -0.4 is 11.6 Å². The van der Waals surface area contributed by atoms with Crippen molar-refractivity contribution in [1.82, 2.24) is 4.98 Å². The number of fused-ring (bicyclic) bond motifs is 1. The van der Waals surface area contributed by atoms with Gasteiger partial charge in [0.2, 0.25) is 0 Å². The lowest BCUT2D eigenvalue weighted by molar-refractivity contribution is -0.195. The van der Waals surface area contributed by atoms with Crippen molar-refractivity contribution in [3.8, 4) is 0 Å². The van der Waals surface area contributed by atoms with Crippen LogP contribution in [0.15, 0.2) is 29.3 Å². The third-order valence-electron chi connectivity index (χ3n) is 2.32. The van der Waals surface area contributed by atoms with Crippen molar-refractivity contribution in [3.05, 3.63) is 30.0 Å². The summed E-state index contributed by atoms with van der Waals surface area (Å²) in [6.45, 7) is 0.632. The predicted octanol–water partition coefficient (Wildman–Crippen LogP) is 1.50. The Morgan fingerprint density at radius 1 is 1.38 bits per heavy atom. The molecule has 0 saturated heterocycles. The first-order valence-electron chi connectivity index (χ1n) is 4.85. The highest BCUT2D eigenvalue weighted by Gasteiger charge is 2.04. The topological polar surface area (TPSA) is 86.3 Å². The van der Waals surface area contributed by atoms with Crippen LogP contribution >= 0.6 is 12.0 Å². The van der Waals surface area contributed by atoms with Gasteiger partial charge >= 0.3 is 0 Å². The molecule has 0 amide bonds. The van der Waals surface area contributed by atoms with Gasteiger partial charge in [-0.1, -0.05) is 0 Å². The fraction of sp³-hybridized carbons (Fsp3) is 0.200. The molecule has 0 saturated carbocycles. The molecule has 0 bridgehead atoms. The summed E-state index contributed by atoms with van der Waals surface area (Å²) in [7, 11) is 0. The maximum Gasteiger partial charge on any atom is 0.0702 e. The minimum Gasteiger partial charge on any atom is -0.361 e. The van der Waals surface area contributed by atoms with E-state index in [1.807, 2.05) is 24.4 Å². The zero-order valence-electron chi connectivity index (χ0n) is 8.60. The number of hydrogen-bond donors (Lipinski definition) is 3. The minimum atomic E-state index is 0.632. The van der Waals surface area contributed by atoms with Crippen LogP contribution in [-0.4, -0.2) is 11.5 Å². The fourth-order valence-corrected chi connectivity index (χ4v) is 2.04. The van der Waals surface area contributed by atoms with Crippen LogP contribution in [0.1, 0.15) is 5.56 Å². The summed E-state index contributed by atoms with van der Waals surface area (Å²) in [6, 6.07) is 5.92. The van der Waals surface area contributed by atoms with Crippen LogP contribution in [0.2, 0.25) is 0 Å². The van der Waals surface area contributed by atoms with E-state index in [9.17, 15) is 0 Å². The van der Waals surface area contributed by atoms with Gasteiger partial charge < -0.3 is 10.7 Å². The lowest BCUT2D eigenvalue weighted by Crippen LogP contribution is -2.01. The molecule has 2 rings (SSSR count). The molecule has 0 atom stereocenters. The molecular weight excluding hydrogens is 226 g/mol. The summed E-state index contributed by atoms with van der Waals surface area (Å²) in [5.74, 6) is 4.78. The Morgan fingerprint density at radius 3 is 3.00 bits per heavy atom. The van der Waals surface area contributed by atoms with E-state index in [1.165, 1.54) is 5.56 Å². The number of benzene rings is 1. The molecule has 0 radical (unpaired) electrons. The van der Waals surface area contributed by atoms with Gasteiger partial charge in [-0.3, -0.25) is 0 Å². The van der Waals surface area contributed by atoms with E-state index in [-0.39, 0.29) is 0 Å². The van der Waals surface area contributed by atoms with Crippen LogP contribution in [0.3, 0.4) is 0 Å². The quantitative estimate of drug-likeness (QED) is 0.418. The Hall–Kier alpha value is -1.05. The third-order valence-corrected chi connectivity index (χ3v) is 2.92. The number of aromatic nitrogens is 1. The molecule has 0 aliphatic heterocycles. The molecule has 5 nitrogen and oxygen atoms in total. The van der Waals surface area contributed by atoms with Gasteiger partial charge in [0.05, 0.1) is 12.0 Å². The summed E-state index contributed by atoms with van der Waals surface area (Å²) >= 11 is 1.07. The van der Waals surface area contributed by atoms with Crippen molar-refractivity contribution >= 4 is 22.9 Å². The van der Waals surface area contributed by atoms with E-state index in [4.69, 9.17) is 11.6 Å². The third kappa shape index (κ3) is 2.37. The first kappa shape index (κ1) is 11.4. The van der Waals surface area contributed by atoms with Crippen LogP contribution in [0.4, 0.5) is 0 Å². The van der Waals surface area contributed by atoms with Crippen LogP contribution in [0.5, 0.6) is 0 Å². The highest BCUT2D eigenvalue weighted by Crippen LogP contribution is 2.26. The minimum absolute atomic E-state index is 0.632. The number of nitrogens with two attached hydrogens (primary N) is 2. The largest absolute Gasteiger partial charge is 0.361 e. The molecule has 0 aliphatic rings. The fourth-order valence-electron chi connectivity index (χ4n) is 1.63. The van der Waals surface area contributed by atoms with E-state index >= 15 is 0 Å². The zero-order valence-corrected chi connectivity index (χ0v) is 9.42. The van der Waals surface area contributed by atoms with E-state index in [0.717, 1.165) is 34.3 Å². The van der Waals surface area contributed by atoms with Crippen molar-refractivity contribution in [2.24, 2.45) is 11.6 Å². The van der Waals surface area contributed by atoms with Crippen molar-refractivity contribution in [3.63, 3.8) is 0 Å². The highest BCUT2D eigenvalue weighted by atomic mass is 32.2. The Labute approximate surface area is 97.2 Å². The Morgan fingerprint density at radius 2 is 2.25 bits per heavy atom. The number of nitrogens with one attached hydrogen (secondary N) is 1. The van der Waals surface area contributed by atoms with Gasteiger partial charge in [-0.25, -0.2) is 0 Å². The standard InChI is InChI=1S/C10H13N3O2S/c11-4-3-7-6-13-10-2-1-8(5-9(7)10)16-15-14-12/h1-2,5-6,13H,3-4,11-12H2. The van der Waals surface area contributed by atoms with Gasteiger partial charge in [-0.05, 0) is 36.7 Å². The summed E-state index contributed by atoms with van der Waals surface area (Å²) in [5, 5.41) is 1.15. The molecule has 0 unspecified atom stereocenters. The highest BCUT2D eigenvalue weighted by molar-refractivity contribution is 7.94. The van der Waals surface area contributed by atoms with Gasteiger partial charge in [-0.2, -0.15) is 5.90 Å². The zero-order chi connectivity index (χ0) is 11.4. The lowest BCUT2D eigenvalue weighted by atomic mass is 10.1. The number of H-pyrrole nitrogens is 1. The molecule has 0 fully saturated rings. The van der Waals surface area contributed by atoms with Crippen molar-refractivity contribution < 1.29 is 9.32 Å². The molecule has 1 aromatic carbocycles. The average molecular weight is 239 g/mol. The molecule has 1 aromatic heterocycles. The second-order valence-electron chi connectivity index (χ2n) is 3.31. The number of rotatable bonds is 5. The predicted molar refractivity (Wildman–Crippen MR) is 63.3 cm³/mol. The van der Waals surface area contributed by atoms with Crippen LogP contribution in [0.25, 0.3) is 10.9 Å². The summed E-state index contributed by atoms with van der Waals surface area (Å²) in [5.41, 5.74) is 7.84. The van der Waals surface area contributed by atoms with Gasteiger partial charge in [-0.15, -0.1) is 9.32 Å². The second-order valence-corrected chi connectivity index (χ2v) is 4.08. The lowest BCUT2D eigenvalue weighted by Gasteiger charge is -2.00. The molecule has 1 heterocycles. The van der Waals surface area contributed by atoms with Crippen molar-refractivity contribution in [2.45, 2.75) is 11.3 Å². The van der Waals surface area contributed by atoms with Crippen molar-refractivity contribution in [2.75, 3.05) is 6.54 Å². The molecule has 0 spiro atoms. The number of aromatic amines is 1. The van der Waals surface area contributed by atoms with Gasteiger partial charge in [0.15, 0.2) is 0 Å². The van der Waals surface area contributed by atoms with Gasteiger partial charge in [0.1, 0.15) is 0 Å². The van der Waals surface area contributed by atoms with E-state index in [0.29, 0.717) is 6.54 Å². The molecule has 16 heavy (non-hydrogen) atoms. The monoisotopic (exact) mass is 239 g/mol. The first-order chi connectivity index (χ1) is 7.85. The summed E-state index contributed by atoms with van der Waals surface area (Å²) in [4.78, 5) is 8.17. The van der Waals surface area contributed by atoms with E-state index < -0.39 is 0 Å². The Bertz CT molecular complexity index is 472. The smallest absolute Gasteiger partial charge is 0.0702 e. The van der Waals surface area contributed by atoms with Crippen LogP contribution in [0, 0.1) is 0 Å². The molecule has 0 aliphatic carbocycles. The maximum atomic E-state index is 5.55. The van der Waals surface area contributed by atoms with E-state index in [1.54, 1.807) is 0 Å². The van der Waals surface area contributed by atoms with Crippen molar-refractivity contribution in [1.29, 1.82) is 0 Å². The maximum absolute atomic E-state index is 5.55. The Balaban J connectivity index is 2.30. The molecule has 5 N–H and O–H groups in total. The second kappa shape index (κ2) is 5.33. The summed E-state index contributed by atoms with van der Waals surface area (Å²) < 4.78 is 4.60. The van der Waals surface area contributed by atoms with Crippen LogP contribution in [-0.2, 0) is 15.7 Å². The number of hydrogen-bond acceptors (Lipinski definition) is 5. The molecule has 86 valence electrons. The average Bonchev–Trinajstić information content (AvgIpc) is 2.70. The normalized spacial score (nSPS) is 11.1. The van der Waals surface area contributed by atoms with Gasteiger partial charge in [0, 0.05) is 22.0 Å². The molecular formula is C10H13N3O2S. The SMILES string of the molecule is NCCc1c[nH]c2ccc(SOON)cc12. The molecule has 2 aromatic rings. The first-order valence-corrected chi connectivity index (χ1v) is 5.59.